The quantitative estimate of drug-likeness (QED) is 0.560. The molecule has 0 aliphatic carbocycles. The van der Waals surface area contributed by atoms with E-state index in [9.17, 15) is 4.79 Å². The first-order chi connectivity index (χ1) is 13.6. The molecule has 0 aliphatic heterocycles. The Hall–Kier alpha value is -3.87. The number of anilines is 2. The molecule has 0 radical (unpaired) electrons. The second-order valence-electron chi connectivity index (χ2n) is 6.42. The highest BCUT2D eigenvalue weighted by atomic mass is 16.2. The average Bonchev–Trinajstić information content (AvgIpc) is 3.25. The van der Waals surface area contributed by atoms with E-state index >= 15 is 0 Å². The molecular formula is C21H20N6O. The number of carbonyl (C=O) groups excluding carboxylic acids is 1. The number of para-hydroxylation sites is 2. The van der Waals surface area contributed by atoms with Crippen LogP contribution in [0.3, 0.4) is 0 Å². The Labute approximate surface area is 162 Å². The Morgan fingerprint density at radius 3 is 1.50 bits per heavy atom. The Morgan fingerprint density at radius 2 is 1.11 bits per heavy atom. The normalized spacial score (nSPS) is 10.6. The van der Waals surface area contributed by atoms with Crippen LogP contribution in [0.25, 0.3) is 11.4 Å². The van der Waals surface area contributed by atoms with E-state index in [2.05, 4.69) is 20.8 Å². The first-order valence-corrected chi connectivity index (χ1v) is 8.92. The lowest BCUT2D eigenvalue weighted by atomic mass is 10.3. The van der Waals surface area contributed by atoms with Crippen LogP contribution >= 0.6 is 0 Å². The maximum atomic E-state index is 12.4. The number of aryl methyl sites for hydroxylation is 2. The van der Waals surface area contributed by atoms with Crippen LogP contribution in [-0.4, -0.2) is 25.6 Å². The molecule has 2 aromatic carbocycles. The first-order valence-electron chi connectivity index (χ1n) is 8.92. The fraction of sp³-hybridized carbons (Fsp3) is 0.0952. The summed E-state index contributed by atoms with van der Waals surface area (Å²) >= 11 is 0. The molecule has 0 saturated carbocycles. The number of hydrogen-bond acceptors (Lipinski definition) is 3. The second kappa shape index (κ2) is 7.40. The van der Waals surface area contributed by atoms with Gasteiger partial charge >= 0.3 is 6.03 Å². The van der Waals surface area contributed by atoms with E-state index in [1.165, 1.54) is 0 Å². The molecular weight excluding hydrogens is 352 g/mol. The van der Waals surface area contributed by atoms with Gasteiger partial charge in [0.2, 0.25) is 0 Å². The third-order valence-corrected chi connectivity index (χ3v) is 4.26. The molecule has 140 valence electrons. The maximum absolute atomic E-state index is 12.4. The zero-order valence-electron chi connectivity index (χ0n) is 15.6. The summed E-state index contributed by atoms with van der Waals surface area (Å²) in [6.45, 7) is 3.88. The highest BCUT2D eigenvalue weighted by Crippen LogP contribution is 2.17. The van der Waals surface area contributed by atoms with Gasteiger partial charge in [-0.05, 0) is 38.1 Å². The van der Waals surface area contributed by atoms with Crippen molar-refractivity contribution in [1.29, 1.82) is 0 Å². The molecule has 28 heavy (non-hydrogen) atoms. The first kappa shape index (κ1) is 17.5. The van der Waals surface area contributed by atoms with Crippen LogP contribution in [0.15, 0.2) is 72.8 Å². The Balaban J connectivity index is 1.47. The number of hydrogen-bond donors (Lipinski definition) is 2. The highest BCUT2D eigenvalue weighted by molar-refractivity contribution is 5.98. The van der Waals surface area contributed by atoms with Gasteiger partial charge in [-0.25, -0.2) is 14.2 Å². The minimum Gasteiger partial charge on any atom is -0.291 e. The Kier molecular flexibility index (Phi) is 4.63. The largest absolute Gasteiger partial charge is 0.326 e. The molecule has 0 fully saturated rings. The average molecular weight is 372 g/mol. The van der Waals surface area contributed by atoms with Crippen molar-refractivity contribution in [3.63, 3.8) is 0 Å². The number of aromatic nitrogens is 4. The maximum Gasteiger partial charge on any atom is 0.326 e. The van der Waals surface area contributed by atoms with E-state index in [0.717, 1.165) is 22.8 Å². The van der Waals surface area contributed by atoms with E-state index in [1.807, 2.05) is 86.6 Å². The van der Waals surface area contributed by atoms with Crippen LogP contribution in [0.5, 0.6) is 0 Å². The Bertz CT molecular complexity index is 1010. The molecule has 0 bridgehead atoms. The van der Waals surface area contributed by atoms with Gasteiger partial charge in [0.1, 0.15) is 0 Å². The summed E-state index contributed by atoms with van der Waals surface area (Å²) in [5.41, 5.74) is 3.72. The van der Waals surface area contributed by atoms with Crippen molar-refractivity contribution >= 4 is 17.7 Å². The highest BCUT2D eigenvalue weighted by Gasteiger charge is 2.12. The van der Waals surface area contributed by atoms with Crippen molar-refractivity contribution < 1.29 is 4.79 Å². The summed E-state index contributed by atoms with van der Waals surface area (Å²) in [5, 5.41) is 14.4. The van der Waals surface area contributed by atoms with Crippen molar-refractivity contribution in [3.8, 4) is 11.4 Å². The van der Waals surface area contributed by atoms with Gasteiger partial charge in [-0.15, -0.1) is 10.2 Å². The third-order valence-electron chi connectivity index (χ3n) is 4.26. The monoisotopic (exact) mass is 372 g/mol. The number of nitrogens with zero attached hydrogens (tertiary/aromatic N) is 4. The lowest BCUT2D eigenvalue weighted by molar-refractivity contribution is 0.262. The molecule has 0 aliphatic rings. The minimum atomic E-state index is -0.393. The summed E-state index contributed by atoms with van der Waals surface area (Å²) in [7, 11) is 0. The van der Waals surface area contributed by atoms with Crippen molar-refractivity contribution in [2.24, 2.45) is 0 Å². The van der Waals surface area contributed by atoms with Crippen molar-refractivity contribution in [2.45, 2.75) is 13.8 Å². The van der Waals surface area contributed by atoms with E-state index in [4.69, 9.17) is 0 Å². The standard InChI is InChI=1S/C21H20N6O/c1-15-13-19(24-26(15)17-9-5-3-6-10-17)22-21(28)23-20-14-16(2)27(25-20)18-11-7-4-8-12-18/h3-14H,1-2H3,(H2,22,23,24,25,28). The number of urea groups is 1. The van der Waals surface area contributed by atoms with E-state index in [1.54, 1.807) is 9.36 Å². The van der Waals surface area contributed by atoms with Gasteiger partial charge in [-0.1, -0.05) is 36.4 Å². The predicted octanol–water partition coefficient (Wildman–Crippen LogP) is 4.32. The fourth-order valence-corrected chi connectivity index (χ4v) is 3.00. The van der Waals surface area contributed by atoms with Crippen LogP contribution in [0.2, 0.25) is 0 Å². The van der Waals surface area contributed by atoms with Gasteiger partial charge in [0.25, 0.3) is 0 Å². The van der Waals surface area contributed by atoms with Gasteiger partial charge in [0, 0.05) is 23.5 Å². The molecule has 2 amide bonds. The molecule has 0 saturated heterocycles. The van der Waals surface area contributed by atoms with Crippen molar-refractivity contribution in [2.75, 3.05) is 10.6 Å². The zero-order chi connectivity index (χ0) is 19.5. The molecule has 0 unspecified atom stereocenters. The molecule has 4 aromatic rings. The summed E-state index contributed by atoms with van der Waals surface area (Å²) in [6, 6.07) is 22.8. The predicted molar refractivity (Wildman–Crippen MR) is 109 cm³/mol. The van der Waals surface area contributed by atoms with E-state index in [0.29, 0.717) is 11.6 Å². The zero-order valence-corrected chi connectivity index (χ0v) is 15.6. The number of rotatable bonds is 4. The van der Waals surface area contributed by atoms with E-state index < -0.39 is 6.03 Å². The van der Waals surface area contributed by atoms with Gasteiger partial charge in [0.05, 0.1) is 11.4 Å². The molecule has 0 atom stereocenters. The lowest BCUT2D eigenvalue weighted by Gasteiger charge is -2.04. The molecule has 2 N–H and O–H groups in total. The summed E-state index contributed by atoms with van der Waals surface area (Å²) in [4.78, 5) is 12.4. The summed E-state index contributed by atoms with van der Waals surface area (Å²) in [5.74, 6) is 0.941. The van der Waals surface area contributed by atoms with Crippen LogP contribution in [0.4, 0.5) is 16.4 Å². The lowest BCUT2D eigenvalue weighted by Crippen LogP contribution is -2.20. The molecule has 0 spiro atoms. The van der Waals surface area contributed by atoms with Gasteiger partial charge in [-0.2, -0.15) is 0 Å². The van der Waals surface area contributed by atoms with Crippen LogP contribution in [0.1, 0.15) is 11.4 Å². The molecule has 2 aromatic heterocycles. The summed E-state index contributed by atoms with van der Waals surface area (Å²) < 4.78 is 3.56. The van der Waals surface area contributed by atoms with Crippen LogP contribution < -0.4 is 10.6 Å². The second-order valence-corrected chi connectivity index (χ2v) is 6.42. The minimum absolute atomic E-state index is 0.393. The van der Waals surface area contributed by atoms with Gasteiger partial charge < -0.3 is 0 Å². The molecule has 2 heterocycles. The van der Waals surface area contributed by atoms with E-state index in [-0.39, 0.29) is 0 Å². The van der Waals surface area contributed by atoms with Crippen molar-refractivity contribution in [3.05, 3.63) is 84.2 Å². The van der Waals surface area contributed by atoms with Crippen LogP contribution in [0, 0.1) is 13.8 Å². The van der Waals surface area contributed by atoms with Crippen molar-refractivity contribution in [1.82, 2.24) is 19.6 Å². The SMILES string of the molecule is Cc1cc(NC(=O)Nc2cc(C)n(-c3ccccc3)n2)nn1-c1ccccc1. The molecule has 7 nitrogen and oxygen atoms in total. The number of carbonyl (C=O) groups is 1. The smallest absolute Gasteiger partial charge is 0.291 e. The topological polar surface area (TPSA) is 76.8 Å². The number of amides is 2. The fourth-order valence-electron chi connectivity index (χ4n) is 3.00. The number of nitrogens with one attached hydrogen (secondary N) is 2. The Morgan fingerprint density at radius 1 is 0.714 bits per heavy atom. The van der Waals surface area contributed by atoms with Crippen LogP contribution in [-0.2, 0) is 0 Å². The third kappa shape index (κ3) is 3.64. The number of benzene rings is 2. The summed E-state index contributed by atoms with van der Waals surface area (Å²) in [6.07, 6.45) is 0. The molecule has 4 rings (SSSR count). The molecule has 7 heteroatoms. The van der Waals surface area contributed by atoms with Gasteiger partial charge in [-0.3, -0.25) is 10.6 Å². The van der Waals surface area contributed by atoms with Gasteiger partial charge in [0.15, 0.2) is 11.6 Å².